The van der Waals surface area contributed by atoms with Crippen LogP contribution in [0.25, 0.3) is 0 Å². The summed E-state index contributed by atoms with van der Waals surface area (Å²) in [6, 6.07) is 9.23. The van der Waals surface area contributed by atoms with Crippen molar-refractivity contribution in [2.24, 2.45) is 0 Å². The van der Waals surface area contributed by atoms with E-state index in [1.54, 1.807) is 7.11 Å². The van der Waals surface area contributed by atoms with Gasteiger partial charge in [-0.25, -0.2) is 0 Å². The van der Waals surface area contributed by atoms with Gasteiger partial charge in [0, 0.05) is 13.2 Å². The Morgan fingerprint density at radius 1 is 1.22 bits per heavy atom. The molecule has 18 heavy (non-hydrogen) atoms. The van der Waals surface area contributed by atoms with E-state index in [0.717, 1.165) is 19.4 Å². The summed E-state index contributed by atoms with van der Waals surface area (Å²) >= 11 is 0. The fraction of sp³-hybridized carbons (Fsp3) is 0.625. The van der Waals surface area contributed by atoms with Gasteiger partial charge in [0.25, 0.3) is 0 Å². The standard InChI is InChI=1S/C16H27NO/c1-6-17-15(11-12-16(3,4)18-5)14-9-7-13(2)8-10-14/h7-10,15,17H,6,11-12H2,1-5H3. The lowest BCUT2D eigenvalue weighted by atomic mass is 9.94. The Labute approximate surface area is 112 Å². The number of rotatable bonds is 7. The first-order valence-electron chi connectivity index (χ1n) is 6.83. The van der Waals surface area contributed by atoms with E-state index >= 15 is 0 Å². The van der Waals surface area contributed by atoms with E-state index in [2.05, 4.69) is 57.3 Å². The fourth-order valence-electron chi connectivity index (χ4n) is 2.03. The zero-order chi connectivity index (χ0) is 13.6. The first kappa shape index (κ1) is 15.2. The minimum absolute atomic E-state index is 0.0433. The molecule has 0 saturated carbocycles. The SMILES string of the molecule is CCNC(CCC(C)(C)OC)c1ccc(C)cc1. The molecule has 0 aliphatic carbocycles. The molecule has 102 valence electrons. The van der Waals surface area contributed by atoms with Gasteiger partial charge in [-0.1, -0.05) is 36.8 Å². The first-order valence-corrected chi connectivity index (χ1v) is 6.83. The molecule has 2 heteroatoms. The molecule has 1 aromatic carbocycles. The Kier molecular flexibility index (Phi) is 5.83. The van der Waals surface area contributed by atoms with Gasteiger partial charge < -0.3 is 10.1 Å². The summed E-state index contributed by atoms with van der Waals surface area (Å²) in [7, 11) is 1.79. The van der Waals surface area contributed by atoms with Crippen LogP contribution in [0.15, 0.2) is 24.3 Å². The van der Waals surface area contributed by atoms with Crippen molar-refractivity contribution < 1.29 is 4.74 Å². The third kappa shape index (κ3) is 4.79. The van der Waals surface area contributed by atoms with Crippen LogP contribution in [0.4, 0.5) is 0 Å². The Hall–Kier alpha value is -0.860. The maximum absolute atomic E-state index is 5.49. The molecule has 0 bridgehead atoms. The minimum atomic E-state index is -0.0433. The maximum Gasteiger partial charge on any atom is 0.0623 e. The molecule has 1 N–H and O–H groups in total. The molecule has 0 fully saturated rings. The number of ether oxygens (including phenoxy) is 1. The molecule has 0 aliphatic rings. The lowest BCUT2D eigenvalue weighted by molar-refractivity contribution is 0.0117. The highest BCUT2D eigenvalue weighted by Crippen LogP contribution is 2.24. The molecular formula is C16H27NO. The average Bonchev–Trinajstić information content (AvgIpc) is 2.36. The van der Waals surface area contributed by atoms with E-state index in [4.69, 9.17) is 4.74 Å². The first-order chi connectivity index (χ1) is 8.48. The second-order valence-corrected chi connectivity index (χ2v) is 5.52. The monoisotopic (exact) mass is 249 g/mol. The van der Waals surface area contributed by atoms with Crippen LogP contribution in [0.5, 0.6) is 0 Å². The molecule has 1 unspecified atom stereocenters. The molecule has 1 aromatic rings. The molecule has 2 nitrogen and oxygen atoms in total. The van der Waals surface area contributed by atoms with Crippen molar-refractivity contribution in [2.75, 3.05) is 13.7 Å². The number of aryl methyl sites for hydroxylation is 1. The predicted octanol–water partition coefficient (Wildman–Crippen LogP) is 3.85. The smallest absolute Gasteiger partial charge is 0.0623 e. The quantitative estimate of drug-likeness (QED) is 0.792. The molecule has 1 rings (SSSR count). The van der Waals surface area contributed by atoms with Crippen LogP contribution in [-0.4, -0.2) is 19.3 Å². The molecule has 0 heterocycles. The van der Waals surface area contributed by atoms with Gasteiger partial charge in [0.1, 0.15) is 0 Å². The van der Waals surface area contributed by atoms with Crippen LogP contribution in [0.1, 0.15) is 50.8 Å². The normalized spacial score (nSPS) is 13.6. The number of hydrogen-bond acceptors (Lipinski definition) is 2. The van der Waals surface area contributed by atoms with E-state index in [9.17, 15) is 0 Å². The van der Waals surface area contributed by atoms with E-state index < -0.39 is 0 Å². The van der Waals surface area contributed by atoms with E-state index in [-0.39, 0.29) is 5.60 Å². The summed E-state index contributed by atoms with van der Waals surface area (Å²) in [5.74, 6) is 0. The Balaban J connectivity index is 2.68. The van der Waals surface area contributed by atoms with Crippen molar-refractivity contribution in [3.8, 4) is 0 Å². The van der Waals surface area contributed by atoms with Crippen LogP contribution in [0, 0.1) is 6.92 Å². The molecular weight excluding hydrogens is 222 g/mol. The van der Waals surface area contributed by atoms with Crippen LogP contribution in [-0.2, 0) is 4.74 Å². The van der Waals surface area contributed by atoms with Crippen molar-refractivity contribution in [1.29, 1.82) is 0 Å². The summed E-state index contributed by atoms with van der Waals surface area (Å²) in [5, 5.41) is 3.56. The van der Waals surface area contributed by atoms with Crippen LogP contribution in [0.2, 0.25) is 0 Å². The molecule has 1 atom stereocenters. The van der Waals surface area contributed by atoms with E-state index in [1.165, 1.54) is 11.1 Å². The maximum atomic E-state index is 5.49. The third-order valence-electron chi connectivity index (χ3n) is 3.52. The summed E-state index contributed by atoms with van der Waals surface area (Å²) in [6.07, 6.45) is 2.15. The van der Waals surface area contributed by atoms with Crippen molar-refractivity contribution in [3.05, 3.63) is 35.4 Å². The van der Waals surface area contributed by atoms with Gasteiger partial charge in [-0.3, -0.25) is 0 Å². The van der Waals surface area contributed by atoms with Gasteiger partial charge in [-0.2, -0.15) is 0 Å². The second kappa shape index (κ2) is 6.91. The van der Waals surface area contributed by atoms with Gasteiger partial charge in [-0.05, 0) is 45.7 Å². The third-order valence-corrected chi connectivity index (χ3v) is 3.52. The van der Waals surface area contributed by atoms with E-state index in [0.29, 0.717) is 6.04 Å². The van der Waals surface area contributed by atoms with Gasteiger partial charge in [0.15, 0.2) is 0 Å². The van der Waals surface area contributed by atoms with Crippen molar-refractivity contribution >= 4 is 0 Å². The summed E-state index contributed by atoms with van der Waals surface area (Å²) in [5.41, 5.74) is 2.64. The summed E-state index contributed by atoms with van der Waals surface area (Å²) in [6.45, 7) is 9.56. The molecule has 0 aromatic heterocycles. The van der Waals surface area contributed by atoms with Crippen molar-refractivity contribution in [1.82, 2.24) is 5.32 Å². The van der Waals surface area contributed by atoms with Crippen molar-refractivity contribution in [2.45, 2.75) is 52.2 Å². The van der Waals surface area contributed by atoms with Gasteiger partial charge in [0.2, 0.25) is 0 Å². The lowest BCUT2D eigenvalue weighted by Crippen LogP contribution is -2.27. The summed E-state index contributed by atoms with van der Waals surface area (Å²) < 4.78 is 5.49. The van der Waals surface area contributed by atoms with Crippen LogP contribution >= 0.6 is 0 Å². The predicted molar refractivity (Wildman–Crippen MR) is 77.9 cm³/mol. The van der Waals surface area contributed by atoms with Gasteiger partial charge >= 0.3 is 0 Å². The van der Waals surface area contributed by atoms with Crippen LogP contribution < -0.4 is 5.32 Å². The Morgan fingerprint density at radius 2 is 1.83 bits per heavy atom. The van der Waals surface area contributed by atoms with Gasteiger partial charge in [-0.15, -0.1) is 0 Å². The fourth-order valence-corrected chi connectivity index (χ4v) is 2.03. The van der Waals surface area contributed by atoms with Crippen molar-refractivity contribution in [3.63, 3.8) is 0 Å². The molecule has 0 radical (unpaired) electrons. The highest BCUT2D eigenvalue weighted by atomic mass is 16.5. The minimum Gasteiger partial charge on any atom is -0.379 e. The Morgan fingerprint density at radius 3 is 2.33 bits per heavy atom. The molecule has 0 spiro atoms. The topological polar surface area (TPSA) is 21.3 Å². The molecule has 0 saturated heterocycles. The highest BCUT2D eigenvalue weighted by Gasteiger charge is 2.19. The zero-order valence-corrected chi connectivity index (χ0v) is 12.4. The molecule has 0 amide bonds. The van der Waals surface area contributed by atoms with Gasteiger partial charge in [0.05, 0.1) is 5.60 Å². The number of benzene rings is 1. The second-order valence-electron chi connectivity index (χ2n) is 5.52. The van der Waals surface area contributed by atoms with Crippen LogP contribution in [0.3, 0.4) is 0 Å². The lowest BCUT2D eigenvalue weighted by Gasteiger charge is -2.26. The molecule has 0 aliphatic heterocycles. The largest absolute Gasteiger partial charge is 0.379 e. The Bertz CT molecular complexity index is 343. The number of methoxy groups -OCH3 is 1. The van der Waals surface area contributed by atoms with E-state index in [1.807, 2.05) is 0 Å². The highest BCUT2D eigenvalue weighted by molar-refractivity contribution is 5.24. The average molecular weight is 249 g/mol. The number of nitrogens with one attached hydrogen (secondary N) is 1. The summed E-state index contributed by atoms with van der Waals surface area (Å²) in [4.78, 5) is 0. The zero-order valence-electron chi connectivity index (χ0n) is 12.4. The number of hydrogen-bond donors (Lipinski definition) is 1.